The maximum Gasteiger partial charge on any atom is 0.317 e. The van der Waals surface area contributed by atoms with Crippen LogP contribution in [-0.4, -0.2) is 32.7 Å². The molecule has 0 aliphatic carbocycles. The van der Waals surface area contributed by atoms with Crippen molar-refractivity contribution in [2.75, 3.05) is 0 Å². The fraction of sp³-hybridized carbons (Fsp3) is 0.636. The third-order valence-electron chi connectivity index (χ3n) is 4.04. The molecule has 0 heterocycles. The van der Waals surface area contributed by atoms with E-state index in [9.17, 15) is 14.7 Å². The molecule has 0 fully saturated rings. The van der Waals surface area contributed by atoms with Crippen LogP contribution in [0.1, 0.15) is 78.1 Å². The standard InChI is InChI=1S/C22H36O4S/c1-3-5-7-8-9-10-11-12-13-14-15-17-19(16-6-4-2)27-20(22(25)26)18-21(23)24/h8-9,11-12,14-15,19-20H,3-7,10,13,16-18H2,1-2H3,(H,23,24)(H,25,26). The van der Waals surface area contributed by atoms with Crippen molar-refractivity contribution in [1.29, 1.82) is 0 Å². The summed E-state index contributed by atoms with van der Waals surface area (Å²) in [5.74, 6) is -2.10. The molecule has 0 aromatic heterocycles. The average molecular weight is 397 g/mol. The molecule has 5 heteroatoms. The number of carbonyl (C=O) groups is 2. The molecule has 0 rings (SSSR count). The van der Waals surface area contributed by atoms with Gasteiger partial charge in [0.15, 0.2) is 0 Å². The third kappa shape index (κ3) is 16.4. The quantitative estimate of drug-likeness (QED) is 0.225. The third-order valence-corrected chi connectivity index (χ3v) is 5.55. The Morgan fingerprint density at radius 1 is 0.889 bits per heavy atom. The monoisotopic (exact) mass is 396 g/mol. The van der Waals surface area contributed by atoms with Gasteiger partial charge in [-0.15, -0.1) is 11.8 Å². The number of aliphatic carboxylic acids is 2. The minimum absolute atomic E-state index is 0.145. The minimum atomic E-state index is -1.06. The largest absolute Gasteiger partial charge is 0.481 e. The summed E-state index contributed by atoms with van der Waals surface area (Å²) in [4.78, 5) is 22.2. The lowest BCUT2D eigenvalue weighted by molar-refractivity contribution is -0.142. The predicted molar refractivity (Wildman–Crippen MR) is 115 cm³/mol. The Kier molecular flexibility index (Phi) is 16.9. The van der Waals surface area contributed by atoms with Crippen LogP contribution in [0.5, 0.6) is 0 Å². The Bertz CT molecular complexity index is 483. The molecule has 2 atom stereocenters. The summed E-state index contributed by atoms with van der Waals surface area (Å²) in [7, 11) is 0. The number of hydrogen-bond donors (Lipinski definition) is 2. The fourth-order valence-electron chi connectivity index (χ4n) is 2.49. The van der Waals surface area contributed by atoms with Crippen molar-refractivity contribution in [3.05, 3.63) is 36.5 Å². The number of allylic oxidation sites excluding steroid dienone is 6. The molecule has 0 saturated carbocycles. The lowest BCUT2D eigenvalue weighted by Crippen LogP contribution is -2.23. The number of carboxylic acid groups (broad SMARTS) is 2. The molecule has 2 unspecified atom stereocenters. The Morgan fingerprint density at radius 3 is 2.04 bits per heavy atom. The van der Waals surface area contributed by atoms with E-state index in [4.69, 9.17) is 5.11 Å². The van der Waals surface area contributed by atoms with Crippen LogP contribution >= 0.6 is 11.8 Å². The summed E-state index contributed by atoms with van der Waals surface area (Å²) < 4.78 is 0. The van der Waals surface area contributed by atoms with Gasteiger partial charge in [-0.25, -0.2) is 0 Å². The summed E-state index contributed by atoms with van der Waals surface area (Å²) in [6.45, 7) is 4.30. The van der Waals surface area contributed by atoms with Crippen molar-refractivity contribution in [3.8, 4) is 0 Å². The molecule has 0 saturated heterocycles. The van der Waals surface area contributed by atoms with Crippen LogP contribution < -0.4 is 0 Å². The number of unbranched alkanes of at least 4 members (excludes halogenated alkanes) is 3. The van der Waals surface area contributed by atoms with E-state index >= 15 is 0 Å². The first kappa shape index (κ1) is 25.5. The van der Waals surface area contributed by atoms with E-state index in [0.717, 1.165) is 44.9 Å². The van der Waals surface area contributed by atoms with Crippen molar-refractivity contribution < 1.29 is 19.8 Å². The molecular weight excluding hydrogens is 360 g/mol. The Balaban J connectivity index is 4.31. The van der Waals surface area contributed by atoms with E-state index in [0.29, 0.717) is 0 Å². The highest BCUT2D eigenvalue weighted by molar-refractivity contribution is 8.01. The minimum Gasteiger partial charge on any atom is -0.481 e. The van der Waals surface area contributed by atoms with Crippen LogP contribution in [0.25, 0.3) is 0 Å². The van der Waals surface area contributed by atoms with Crippen LogP contribution in [0.4, 0.5) is 0 Å². The van der Waals surface area contributed by atoms with Gasteiger partial charge in [0, 0.05) is 5.25 Å². The summed E-state index contributed by atoms with van der Waals surface area (Å²) in [5, 5.41) is 17.4. The first-order chi connectivity index (χ1) is 13.0. The van der Waals surface area contributed by atoms with Crippen molar-refractivity contribution >= 4 is 23.7 Å². The Labute approximate surface area is 168 Å². The summed E-state index contributed by atoms with van der Waals surface area (Å²) in [5.41, 5.74) is 0. The second-order valence-corrected chi connectivity index (χ2v) is 8.10. The van der Waals surface area contributed by atoms with Crippen molar-refractivity contribution in [3.63, 3.8) is 0 Å². The smallest absolute Gasteiger partial charge is 0.317 e. The van der Waals surface area contributed by atoms with Gasteiger partial charge >= 0.3 is 11.9 Å². The second kappa shape index (κ2) is 17.9. The highest BCUT2D eigenvalue weighted by Gasteiger charge is 2.25. The molecule has 154 valence electrons. The van der Waals surface area contributed by atoms with E-state index in [1.807, 2.05) is 0 Å². The number of carboxylic acids is 2. The molecule has 2 N–H and O–H groups in total. The number of hydrogen-bond acceptors (Lipinski definition) is 3. The maximum atomic E-state index is 11.3. The molecule has 4 nitrogen and oxygen atoms in total. The average Bonchev–Trinajstić information content (AvgIpc) is 2.62. The Hall–Kier alpha value is -1.49. The van der Waals surface area contributed by atoms with Crippen molar-refractivity contribution in [2.24, 2.45) is 0 Å². The molecule has 0 aliphatic heterocycles. The van der Waals surface area contributed by atoms with Gasteiger partial charge in [-0.1, -0.05) is 76.0 Å². The molecule has 0 bridgehead atoms. The molecule has 0 aliphatic rings. The van der Waals surface area contributed by atoms with E-state index in [1.54, 1.807) is 0 Å². The van der Waals surface area contributed by atoms with Gasteiger partial charge in [-0.3, -0.25) is 9.59 Å². The van der Waals surface area contributed by atoms with Crippen LogP contribution in [0.15, 0.2) is 36.5 Å². The van der Waals surface area contributed by atoms with Crippen LogP contribution in [0.2, 0.25) is 0 Å². The second-order valence-electron chi connectivity index (χ2n) is 6.59. The summed E-state index contributed by atoms with van der Waals surface area (Å²) in [6.07, 6.45) is 21.8. The van der Waals surface area contributed by atoms with Gasteiger partial charge < -0.3 is 10.2 Å². The topological polar surface area (TPSA) is 74.6 Å². The van der Waals surface area contributed by atoms with Gasteiger partial charge in [0.1, 0.15) is 5.25 Å². The van der Waals surface area contributed by atoms with Gasteiger partial charge in [0.25, 0.3) is 0 Å². The molecular formula is C22H36O4S. The van der Waals surface area contributed by atoms with Gasteiger partial charge in [0.05, 0.1) is 6.42 Å². The molecule has 0 amide bonds. The van der Waals surface area contributed by atoms with Crippen molar-refractivity contribution in [2.45, 2.75) is 88.6 Å². The zero-order valence-electron chi connectivity index (χ0n) is 16.8. The van der Waals surface area contributed by atoms with E-state index in [1.165, 1.54) is 24.6 Å². The molecule has 0 aromatic rings. The maximum absolute atomic E-state index is 11.3. The lowest BCUT2D eigenvalue weighted by Gasteiger charge is -2.18. The SMILES string of the molecule is CCCCC=CCC=CCC=CCC(CCCC)SC(CC(=O)O)C(=O)O. The zero-order chi connectivity index (χ0) is 20.3. The van der Waals surface area contributed by atoms with Gasteiger partial charge in [-0.05, 0) is 32.1 Å². The highest BCUT2D eigenvalue weighted by Crippen LogP contribution is 2.28. The first-order valence-electron chi connectivity index (χ1n) is 10.1. The van der Waals surface area contributed by atoms with Crippen LogP contribution in [0, 0.1) is 0 Å². The summed E-state index contributed by atoms with van der Waals surface area (Å²) >= 11 is 1.29. The first-order valence-corrected chi connectivity index (χ1v) is 11.0. The van der Waals surface area contributed by atoms with E-state index in [-0.39, 0.29) is 11.7 Å². The summed E-state index contributed by atoms with van der Waals surface area (Å²) in [6, 6.07) is 0. The molecule has 0 spiro atoms. The number of thioether (sulfide) groups is 1. The van der Waals surface area contributed by atoms with Crippen LogP contribution in [-0.2, 0) is 9.59 Å². The van der Waals surface area contributed by atoms with Crippen molar-refractivity contribution in [1.82, 2.24) is 0 Å². The highest BCUT2D eigenvalue weighted by atomic mass is 32.2. The van der Waals surface area contributed by atoms with E-state index in [2.05, 4.69) is 50.3 Å². The molecule has 0 aromatic carbocycles. The van der Waals surface area contributed by atoms with Gasteiger partial charge in [-0.2, -0.15) is 0 Å². The van der Waals surface area contributed by atoms with Gasteiger partial charge in [0.2, 0.25) is 0 Å². The lowest BCUT2D eigenvalue weighted by atomic mass is 10.1. The number of rotatable bonds is 17. The normalized spacial score (nSPS) is 14.3. The fourth-order valence-corrected chi connectivity index (χ4v) is 3.83. The Morgan fingerprint density at radius 2 is 1.48 bits per heavy atom. The zero-order valence-corrected chi connectivity index (χ0v) is 17.6. The molecule has 27 heavy (non-hydrogen) atoms. The predicted octanol–water partition coefficient (Wildman–Crippen LogP) is 6.24. The molecule has 0 radical (unpaired) electrons. The van der Waals surface area contributed by atoms with Crippen LogP contribution in [0.3, 0.4) is 0 Å². The van der Waals surface area contributed by atoms with E-state index < -0.39 is 17.2 Å².